The van der Waals surface area contributed by atoms with Crippen LogP contribution in [0.1, 0.15) is 12.0 Å². The number of benzene rings is 1. The molecular weight excluding hydrogens is 346 g/mol. The lowest BCUT2D eigenvalue weighted by Crippen LogP contribution is -2.24. The van der Waals surface area contributed by atoms with Crippen molar-refractivity contribution in [2.75, 3.05) is 16.8 Å². The fourth-order valence-electron chi connectivity index (χ4n) is 2.04. The molecule has 2 nitrogen and oxygen atoms in total. The normalized spacial score (nSPS) is 20.2. The molecular formula is C12H10BrClF3NO. The molecule has 1 fully saturated rings. The summed E-state index contributed by atoms with van der Waals surface area (Å²) in [6.07, 6.45) is -4.09. The van der Waals surface area contributed by atoms with E-state index in [4.69, 9.17) is 11.6 Å². The van der Waals surface area contributed by atoms with Gasteiger partial charge < -0.3 is 4.90 Å². The van der Waals surface area contributed by atoms with Crippen LogP contribution in [0.15, 0.2) is 18.2 Å². The molecule has 1 aromatic rings. The van der Waals surface area contributed by atoms with Crippen LogP contribution in [-0.2, 0) is 11.0 Å². The number of carbonyl (C=O) groups excluding carboxylic acids is 1. The first-order valence-corrected chi connectivity index (χ1v) is 7.06. The Labute approximate surface area is 121 Å². The van der Waals surface area contributed by atoms with Gasteiger partial charge in [-0.15, -0.1) is 0 Å². The topological polar surface area (TPSA) is 20.3 Å². The molecule has 1 aromatic carbocycles. The minimum atomic E-state index is -4.48. The number of rotatable bonds is 2. The molecule has 1 atom stereocenters. The predicted molar refractivity (Wildman–Crippen MR) is 70.7 cm³/mol. The second-order valence-electron chi connectivity index (χ2n) is 4.39. The molecule has 1 aliphatic rings. The van der Waals surface area contributed by atoms with Crippen molar-refractivity contribution in [2.45, 2.75) is 12.6 Å². The van der Waals surface area contributed by atoms with Crippen molar-refractivity contribution in [3.63, 3.8) is 0 Å². The van der Waals surface area contributed by atoms with E-state index in [1.165, 1.54) is 17.0 Å². The SMILES string of the molecule is O=C1CC(CBr)CN1c1ccc(C(F)(F)F)c(Cl)c1. The van der Waals surface area contributed by atoms with Gasteiger partial charge in [0.25, 0.3) is 0 Å². The van der Waals surface area contributed by atoms with E-state index >= 15 is 0 Å². The highest BCUT2D eigenvalue weighted by Gasteiger charge is 2.35. The molecule has 104 valence electrons. The summed E-state index contributed by atoms with van der Waals surface area (Å²) in [6, 6.07) is 3.38. The number of carbonyl (C=O) groups is 1. The summed E-state index contributed by atoms with van der Waals surface area (Å²) >= 11 is 8.95. The summed E-state index contributed by atoms with van der Waals surface area (Å²) in [5, 5.41) is 0.295. The first kappa shape index (κ1) is 14.7. The van der Waals surface area contributed by atoms with Gasteiger partial charge in [0.1, 0.15) is 0 Å². The predicted octanol–water partition coefficient (Wildman–Crippen LogP) is 4.11. The number of nitrogens with zero attached hydrogens (tertiary/aromatic N) is 1. The first-order valence-electron chi connectivity index (χ1n) is 5.56. The zero-order valence-corrected chi connectivity index (χ0v) is 12.0. The number of anilines is 1. The number of alkyl halides is 4. The highest BCUT2D eigenvalue weighted by molar-refractivity contribution is 9.09. The molecule has 0 radical (unpaired) electrons. The third kappa shape index (κ3) is 3.05. The highest BCUT2D eigenvalue weighted by Crippen LogP contribution is 2.37. The molecule has 1 heterocycles. The lowest BCUT2D eigenvalue weighted by molar-refractivity contribution is -0.137. The molecule has 0 spiro atoms. The van der Waals surface area contributed by atoms with Gasteiger partial charge in [-0.25, -0.2) is 0 Å². The quantitative estimate of drug-likeness (QED) is 0.730. The molecule has 1 unspecified atom stereocenters. The van der Waals surface area contributed by atoms with Crippen molar-refractivity contribution in [1.82, 2.24) is 0 Å². The summed E-state index contributed by atoms with van der Waals surface area (Å²) in [7, 11) is 0. The average Bonchev–Trinajstić information content (AvgIpc) is 2.68. The van der Waals surface area contributed by atoms with E-state index in [9.17, 15) is 18.0 Å². The average molecular weight is 357 g/mol. The van der Waals surface area contributed by atoms with Crippen LogP contribution < -0.4 is 4.90 Å². The molecule has 0 bridgehead atoms. The van der Waals surface area contributed by atoms with Gasteiger partial charge >= 0.3 is 6.18 Å². The Hall–Kier alpha value is -0.750. The van der Waals surface area contributed by atoms with Crippen molar-refractivity contribution < 1.29 is 18.0 Å². The molecule has 0 saturated carbocycles. The summed E-state index contributed by atoms with van der Waals surface area (Å²) in [5.74, 6) is 0.0776. The molecule has 1 amide bonds. The van der Waals surface area contributed by atoms with Crippen molar-refractivity contribution in [3.8, 4) is 0 Å². The maximum atomic E-state index is 12.6. The minimum Gasteiger partial charge on any atom is -0.312 e. The van der Waals surface area contributed by atoms with E-state index in [2.05, 4.69) is 15.9 Å². The van der Waals surface area contributed by atoms with Crippen molar-refractivity contribution in [2.24, 2.45) is 5.92 Å². The second-order valence-corrected chi connectivity index (χ2v) is 5.45. The zero-order valence-electron chi connectivity index (χ0n) is 9.68. The fraction of sp³-hybridized carbons (Fsp3) is 0.417. The van der Waals surface area contributed by atoms with Crippen molar-refractivity contribution in [3.05, 3.63) is 28.8 Å². The van der Waals surface area contributed by atoms with Gasteiger partial charge in [-0.3, -0.25) is 4.79 Å². The summed E-state index contributed by atoms with van der Waals surface area (Å²) in [6.45, 7) is 0.492. The lowest BCUT2D eigenvalue weighted by atomic mass is 10.1. The Balaban J connectivity index is 2.28. The second kappa shape index (κ2) is 5.32. The maximum Gasteiger partial charge on any atom is 0.417 e. The summed E-state index contributed by atoms with van der Waals surface area (Å²) in [4.78, 5) is 13.2. The highest BCUT2D eigenvalue weighted by atomic mass is 79.9. The largest absolute Gasteiger partial charge is 0.417 e. The molecule has 7 heteroatoms. The maximum absolute atomic E-state index is 12.6. The van der Waals surface area contributed by atoms with Gasteiger partial charge in [-0.2, -0.15) is 13.2 Å². The van der Waals surface area contributed by atoms with Crippen LogP contribution in [0.5, 0.6) is 0 Å². The lowest BCUT2D eigenvalue weighted by Gasteiger charge is -2.18. The first-order chi connectivity index (χ1) is 8.82. The number of hydrogen-bond acceptors (Lipinski definition) is 1. The number of hydrogen-bond donors (Lipinski definition) is 0. The molecule has 2 rings (SSSR count). The van der Waals surface area contributed by atoms with E-state index in [0.717, 1.165) is 6.07 Å². The Morgan fingerprint density at radius 3 is 2.58 bits per heavy atom. The molecule has 1 saturated heterocycles. The third-order valence-electron chi connectivity index (χ3n) is 2.99. The van der Waals surface area contributed by atoms with E-state index in [1.807, 2.05) is 0 Å². The Bertz CT molecular complexity index is 506. The Morgan fingerprint density at radius 2 is 2.11 bits per heavy atom. The van der Waals surface area contributed by atoms with Gasteiger partial charge in [0, 0.05) is 24.0 Å². The molecule has 0 aliphatic carbocycles. The monoisotopic (exact) mass is 355 g/mol. The van der Waals surface area contributed by atoms with Gasteiger partial charge in [0.05, 0.1) is 10.6 Å². The summed E-state index contributed by atoms with van der Waals surface area (Å²) in [5.41, 5.74) is -0.479. The molecule has 1 aliphatic heterocycles. The van der Waals surface area contributed by atoms with Crippen LogP contribution in [0.3, 0.4) is 0 Å². The molecule has 0 aromatic heterocycles. The van der Waals surface area contributed by atoms with Crippen LogP contribution in [0.2, 0.25) is 5.02 Å². The standard InChI is InChI=1S/C12H10BrClF3NO/c13-5-7-3-11(19)18(6-7)8-1-2-9(10(14)4-8)12(15,16)17/h1-2,4,7H,3,5-6H2. The van der Waals surface area contributed by atoms with E-state index in [-0.39, 0.29) is 16.8 Å². The fourth-order valence-corrected chi connectivity index (χ4v) is 2.75. The van der Waals surface area contributed by atoms with Crippen LogP contribution in [0.25, 0.3) is 0 Å². The van der Waals surface area contributed by atoms with Crippen molar-refractivity contribution >= 4 is 39.1 Å². The van der Waals surface area contributed by atoms with Gasteiger partial charge in [-0.05, 0) is 24.1 Å². The van der Waals surface area contributed by atoms with Crippen LogP contribution >= 0.6 is 27.5 Å². The van der Waals surface area contributed by atoms with E-state index in [0.29, 0.717) is 24.0 Å². The third-order valence-corrected chi connectivity index (χ3v) is 4.22. The summed E-state index contributed by atoms with van der Waals surface area (Å²) < 4.78 is 37.7. The minimum absolute atomic E-state index is 0.0970. The van der Waals surface area contributed by atoms with Gasteiger partial charge in [0.15, 0.2) is 0 Å². The zero-order chi connectivity index (χ0) is 14.2. The van der Waals surface area contributed by atoms with Crippen LogP contribution in [0, 0.1) is 5.92 Å². The van der Waals surface area contributed by atoms with Gasteiger partial charge in [0.2, 0.25) is 5.91 Å². The van der Waals surface area contributed by atoms with E-state index < -0.39 is 11.7 Å². The smallest absolute Gasteiger partial charge is 0.312 e. The van der Waals surface area contributed by atoms with Crippen LogP contribution in [-0.4, -0.2) is 17.8 Å². The number of amides is 1. The van der Waals surface area contributed by atoms with E-state index in [1.54, 1.807) is 0 Å². The van der Waals surface area contributed by atoms with Crippen molar-refractivity contribution in [1.29, 1.82) is 0 Å². The Kier molecular flexibility index (Phi) is 4.11. The number of halogens is 5. The molecule has 19 heavy (non-hydrogen) atoms. The Morgan fingerprint density at radius 1 is 1.42 bits per heavy atom. The molecule has 0 N–H and O–H groups in total. The van der Waals surface area contributed by atoms with Gasteiger partial charge in [-0.1, -0.05) is 27.5 Å². The van der Waals surface area contributed by atoms with Crippen LogP contribution in [0.4, 0.5) is 18.9 Å².